The first-order chi connectivity index (χ1) is 11.9. The number of nitrogens with zero attached hydrogens (tertiary/aromatic N) is 5. The van der Waals surface area contributed by atoms with Gasteiger partial charge in [-0.15, -0.1) is 34.2 Å². The second-order valence-corrected chi connectivity index (χ2v) is 5.83. The van der Waals surface area contributed by atoms with Gasteiger partial charge in [-0.3, -0.25) is 4.98 Å². The molecule has 0 aliphatic carbocycles. The molecule has 0 aromatic carbocycles. The fraction of sp³-hybridized carbons (Fsp3) is 0.529. The fourth-order valence-electron chi connectivity index (χ4n) is 2.83. The normalized spacial score (nSPS) is 13.7. The molecule has 8 heteroatoms. The number of halogens is 1. The van der Waals surface area contributed by atoms with Gasteiger partial charge in [0.2, 0.25) is 0 Å². The molecule has 3 rings (SSSR count). The van der Waals surface area contributed by atoms with E-state index in [0.29, 0.717) is 6.54 Å². The van der Waals surface area contributed by atoms with Gasteiger partial charge in [0.15, 0.2) is 11.8 Å². The Hall–Kier alpha value is -1.71. The first-order valence-electron chi connectivity index (χ1n) is 8.70. The van der Waals surface area contributed by atoms with Crippen LogP contribution in [-0.2, 0) is 25.9 Å². The topological polar surface area (TPSA) is 80.0 Å². The number of aromatic nitrogens is 4. The van der Waals surface area contributed by atoms with Crippen molar-refractivity contribution in [3.63, 3.8) is 0 Å². The van der Waals surface area contributed by atoms with Crippen molar-refractivity contribution in [2.45, 2.75) is 45.7 Å². The van der Waals surface area contributed by atoms with E-state index >= 15 is 0 Å². The van der Waals surface area contributed by atoms with Crippen LogP contribution in [0, 0.1) is 0 Å². The molecule has 0 fully saturated rings. The van der Waals surface area contributed by atoms with Crippen molar-refractivity contribution in [3.8, 4) is 0 Å². The van der Waals surface area contributed by atoms with Crippen LogP contribution in [0.3, 0.4) is 0 Å². The summed E-state index contributed by atoms with van der Waals surface area (Å²) in [6.45, 7) is 5.24. The molecule has 0 amide bonds. The minimum Gasteiger partial charge on any atom is -0.357 e. The van der Waals surface area contributed by atoms with Crippen molar-refractivity contribution >= 4 is 29.9 Å². The average Bonchev–Trinajstić information content (AvgIpc) is 3.04. The monoisotopic (exact) mass is 455 g/mol. The van der Waals surface area contributed by atoms with E-state index in [1.165, 1.54) is 12.8 Å². The maximum absolute atomic E-state index is 4.65. The van der Waals surface area contributed by atoms with Gasteiger partial charge in [-0.25, -0.2) is 4.99 Å². The van der Waals surface area contributed by atoms with E-state index in [2.05, 4.69) is 42.3 Å². The standard InChI is InChI=1S/C17H25N7.HI/c1-2-18-17(20-11-9-14-7-3-5-10-19-14)21-13-16-23-22-15-8-4-6-12-24(15)16;/h3,5,7,10H,2,4,6,8-9,11-13H2,1H3,(H2,18,20,21);1H. The molecule has 0 spiro atoms. The van der Waals surface area contributed by atoms with Crippen LogP contribution in [0.15, 0.2) is 29.4 Å². The largest absolute Gasteiger partial charge is 0.357 e. The summed E-state index contributed by atoms with van der Waals surface area (Å²) < 4.78 is 2.21. The number of aryl methyl sites for hydroxylation is 1. The van der Waals surface area contributed by atoms with Crippen LogP contribution in [0.1, 0.15) is 37.1 Å². The number of rotatable bonds is 6. The molecule has 1 aliphatic heterocycles. The van der Waals surface area contributed by atoms with Gasteiger partial charge in [0, 0.05) is 44.4 Å². The Balaban J connectivity index is 0.00000225. The molecule has 1 aliphatic rings. The molecule has 7 nitrogen and oxygen atoms in total. The SMILES string of the molecule is CCNC(=NCc1nnc2n1CCCC2)NCCc1ccccn1.I. The summed E-state index contributed by atoms with van der Waals surface area (Å²) >= 11 is 0. The zero-order valence-corrected chi connectivity index (χ0v) is 16.9. The smallest absolute Gasteiger partial charge is 0.191 e. The summed E-state index contributed by atoms with van der Waals surface area (Å²) in [5, 5.41) is 15.2. The number of nitrogens with one attached hydrogen (secondary N) is 2. The Morgan fingerprint density at radius 2 is 2.16 bits per heavy atom. The minimum atomic E-state index is 0. The summed E-state index contributed by atoms with van der Waals surface area (Å²) in [7, 11) is 0. The van der Waals surface area contributed by atoms with Gasteiger partial charge in [0.25, 0.3) is 0 Å². The predicted octanol–water partition coefficient (Wildman–Crippen LogP) is 1.93. The van der Waals surface area contributed by atoms with Crippen LogP contribution < -0.4 is 10.6 Å². The minimum absolute atomic E-state index is 0. The van der Waals surface area contributed by atoms with Gasteiger partial charge in [-0.1, -0.05) is 6.07 Å². The molecule has 25 heavy (non-hydrogen) atoms. The highest BCUT2D eigenvalue weighted by molar-refractivity contribution is 14.0. The third kappa shape index (κ3) is 5.65. The van der Waals surface area contributed by atoms with E-state index in [9.17, 15) is 0 Å². The molecule has 2 aromatic heterocycles. The van der Waals surface area contributed by atoms with Gasteiger partial charge in [0.1, 0.15) is 12.4 Å². The number of fused-ring (bicyclic) bond motifs is 1. The molecule has 0 bridgehead atoms. The van der Waals surface area contributed by atoms with Gasteiger partial charge in [-0.05, 0) is 31.9 Å². The van der Waals surface area contributed by atoms with E-state index in [1.807, 2.05) is 24.4 Å². The number of hydrogen-bond donors (Lipinski definition) is 2. The third-order valence-electron chi connectivity index (χ3n) is 4.06. The quantitative estimate of drug-likeness (QED) is 0.396. The van der Waals surface area contributed by atoms with Gasteiger partial charge in [-0.2, -0.15) is 0 Å². The highest BCUT2D eigenvalue weighted by atomic mass is 127. The summed E-state index contributed by atoms with van der Waals surface area (Å²) in [6.07, 6.45) is 6.12. The Morgan fingerprint density at radius 1 is 1.24 bits per heavy atom. The van der Waals surface area contributed by atoms with E-state index in [-0.39, 0.29) is 24.0 Å². The van der Waals surface area contributed by atoms with Crippen LogP contribution in [-0.4, -0.2) is 38.8 Å². The Morgan fingerprint density at radius 3 is 2.96 bits per heavy atom. The van der Waals surface area contributed by atoms with Crippen molar-refractivity contribution in [2.75, 3.05) is 13.1 Å². The second-order valence-electron chi connectivity index (χ2n) is 5.83. The molecule has 0 unspecified atom stereocenters. The highest BCUT2D eigenvalue weighted by Gasteiger charge is 2.15. The van der Waals surface area contributed by atoms with Gasteiger partial charge < -0.3 is 15.2 Å². The number of pyridine rings is 1. The third-order valence-corrected chi connectivity index (χ3v) is 4.06. The van der Waals surface area contributed by atoms with Gasteiger partial charge in [0.05, 0.1) is 0 Å². The molecule has 2 aromatic rings. The van der Waals surface area contributed by atoms with Crippen molar-refractivity contribution in [3.05, 3.63) is 41.7 Å². The Kier molecular flexibility index (Phi) is 8.10. The molecular weight excluding hydrogens is 429 g/mol. The molecule has 0 saturated carbocycles. The average molecular weight is 455 g/mol. The zero-order chi connectivity index (χ0) is 16.6. The van der Waals surface area contributed by atoms with E-state index in [0.717, 1.165) is 55.8 Å². The van der Waals surface area contributed by atoms with Crippen molar-refractivity contribution in [1.29, 1.82) is 0 Å². The molecular formula is C17H26IN7. The van der Waals surface area contributed by atoms with Crippen LogP contribution in [0.5, 0.6) is 0 Å². The summed E-state index contributed by atoms with van der Waals surface area (Å²) in [5.41, 5.74) is 1.08. The van der Waals surface area contributed by atoms with E-state index < -0.39 is 0 Å². The maximum Gasteiger partial charge on any atom is 0.191 e. The second kappa shape index (κ2) is 10.3. The molecule has 136 valence electrons. The molecule has 0 saturated heterocycles. The number of guanidine groups is 1. The van der Waals surface area contributed by atoms with E-state index in [4.69, 9.17) is 0 Å². The molecule has 0 atom stereocenters. The van der Waals surface area contributed by atoms with Crippen LogP contribution in [0.4, 0.5) is 0 Å². The van der Waals surface area contributed by atoms with Gasteiger partial charge >= 0.3 is 0 Å². The Bertz CT molecular complexity index is 669. The van der Waals surface area contributed by atoms with Crippen molar-refractivity contribution in [1.82, 2.24) is 30.4 Å². The molecule has 2 N–H and O–H groups in total. The van der Waals surface area contributed by atoms with Crippen LogP contribution >= 0.6 is 24.0 Å². The first-order valence-corrected chi connectivity index (χ1v) is 8.70. The lowest BCUT2D eigenvalue weighted by Gasteiger charge is -2.14. The lowest BCUT2D eigenvalue weighted by atomic mass is 10.2. The van der Waals surface area contributed by atoms with Crippen molar-refractivity contribution < 1.29 is 0 Å². The first kappa shape index (κ1) is 19.6. The summed E-state index contributed by atoms with van der Waals surface area (Å²) in [6, 6.07) is 5.98. The summed E-state index contributed by atoms with van der Waals surface area (Å²) in [4.78, 5) is 8.98. The number of hydrogen-bond acceptors (Lipinski definition) is 4. The predicted molar refractivity (Wildman–Crippen MR) is 109 cm³/mol. The number of aliphatic imine (C=N–C) groups is 1. The van der Waals surface area contributed by atoms with Crippen LogP contribution in [0.2, 0.25) is 0 Å². The van der Waals surface area contributed by atoms with E-state index in [1.54, 1.807) is 0 Å². The van der Waals surface area contributed by atoms with Crippen molar-refractivity contribution in [2.24, 2.45) is 4.99 Å². The maximum atomic E-state index is 4.65. The lowest BCUT2D eigenvalue weighted by molar-refractivity contribution is 0.508. The molecule has 0 radical (unpaired) electrons. The zero-order valence-electron chi connectivity index (χ0n) is 14.6. The summed E-state index contributed by atoms with van der Waals surface area (Å²) in [5.74, 6) is 2.85. The highest BCUT2D eigenvalue weighted by Crippen LogP contribution is 2.14. The Labute approximate surface area is 165 Å². The lowest BCUT2D eigenvalue weighted by Crippen LogP contribution is -2.38. The fourth-order valence-corrected chi connectivity index (χ4v) is 2.83. The molecule has 3 heterocycles. The van der Waals surface area contributed by atoms with Crippen LogP contribution in [0.25, 0.3) is 0 Å².